The largest absolute Gasteiger partial charge is 0.491 e. The molecule has 11 aromatic rings. The summed E-state index contributed by atoms with van der Waals surface area (Å²) in [6, 6.07) is 18.5. The number of amides is 12. The number of anilines is 7. The van der Waals surface area contributed by atoms with Crippen LogP contribution in [0, 0.1) is 20.8 Å². The fourth-order valence-corrected chi connectivity index (χ4v) is 15.5. The van der Waals surface area contributed by atoms with E-state index in [1.807, 2.05) is 35.8 Å². The topological polar surface area (TPSA) is 543 Å². The van der Waals surface area contributed by atoms with Crippen molar-refractivity contribution in [2.45, 2.75) is 65.3 Å². The second kappa shape index (κ2) is 49.6. The van der Waals surface area contributed by atoms with Gasteiger partial charge in [-0.05, 0) is 87.4 Å². The third-order valence-electron chi connectivity index (χ3n) is 21.1. The summed E-state index contributed by atoms with van der Waals surface area (Å²) >= 11 is 7.92. The van der Waals surface area contributed by atoms with Crippen LogP contribution in [0.4, 0.5) is 40.2 Å². The van der Waals surface area contributed by atoms with E-state index in [2.05, 4.69) is 108 Å². The molecule has 9 aromatic heterocycles. The maximum atomic E-state index is 13.6. The molecule has 0 fully saturated rings. The summed E-state index contributed by atoms with van der Waals surface area (Å²) < 4.78 is 51.7. The van der Waals surface area contributed by atoms with Crippen LogP contribution in [0.15, 0.2) is 121 Å². The zero-order valence-electron chi connectivity index (χ0n) is 77.8. The number of hydrogen-bond acceptors (Lipinski definition) is 27. The number of ether oxygens (including phenoxy) is 7. The number of thiophene rings is 1. The van der Waals surface area contributed by atoms with Gasteiger partial charge in [-0.25, -0.2) is 19.9 Å². The first-order valence-corrected chi connectivity index (χ1v) is 45.2. The number of imidazole rings is 4. The van der Waals surface area contributed by atoms with Gasteiger partial charge in [0.25, 0.3) is 41.4 Å². The van der Waals surface area contributed by atoms with Gasteiger partial charge in [0.15, 0.2) is 29.1 Å². The number of fused-ring (bicyclic) bond motifs is 3. The number of aryl methyl sites for hydroxylation is 9. The lowest BCUT2D eigenvalue weighted by Crippen LogP contribution is -2.33. The van der Waals surface area contributed by atoms with Crippen molar-refractivity contribution in [3.05, 3.63) is 195 Å². The van der Waals surface area contributed by atoms with Gasteiger partial charge in [0, 0.05) is 184 Å². The average molecular weight is 1940 g/mol. The molecule has 0 spiro atoms. The molecule has 12 rings (SSSR count). The number of hydrogen-bond donors (Lipinski definition) is 12. The minimum atomic E-state index is -0.641. The molecule has 138 heavy (non-hydrogen) atoms. The molecule has 1 aliphatic heterocycles. The highest BCUT2D eigenvalue weighted by molar-refractivity contribution is 7.15. The highest BCUT2D eigenvalue weighted by atomic mass is 35.5. The van der Waals surface area contributed by atoms with Gasteiger partial charge in [0.05, 0.1) is 108 Å². The molecule has 1 atom stereocenters. The maximum absolute atomic E-state index is 13.6. The number of aromatic nitrogens is 14. The monoisotopic (exact) mass is 1940 g/mol. The van der Waals surface area contributed by atoms with Gasteiger partial charge in [-0.2, -0.15) is 0 Å². The summed E-state index contributed by atoms with van der Waals surface area (Å²) in [4.78, 5) is 180. The van der Waals surface area contributed by atoms with Crippen LogP contribution in [-0.4, -0.2) is 262 Å². The zero-order valence-corrected chi connectivity index (χ0v) is 79.3. The van der Waals surface area contributed by atoms with Crippen LogP contribution in [0.1, 0.15) is 152 Å². The number of benzene rings is 2. The van der Waals surface area contributed by atoms with Crippen molar-refractivity contribution in [2.75, 3.05) is 156 Å². The Hall–Kier alpha value is -14.9. The summed E-state index contributed by atoms with van der Waals surface area (Å²) in [5.41, 5.74) is 5.87. The first-order chi connectivity index (χ1) is 66.4. The Morgan fingerprint density at radius 3 is 1.36 bits per heavy atom. The Balaban J connectivity index is 0.431. The van der Waals surface area contributed by atoms with Gasteiger partial charge in [0.2, 0.25) is 47.0 Å². The van der Waals surface area contributed by atoms with Crippen LogP contribution in [0.3, 0.4) is 0 Å². The predicted molar refractivity (Wildman–Crippen MR) is 508 cm³/mol. The molecule has 0 saturated carbocycles. The molecule has 48 heteroatoms. The quantitative estimate of drug-likeness (QED) is 0.0206. The maximum Gasteiger partial charge on any atom is 0.291 e. The first kappa shape index (κ1) is 102. The van der Waals surface area contributed by atoms with E-state index >= 15 is 0 Å². The molecule has 12 N–H and O–H groups in total. The Morgan fingerprint density at radius 1 is 0.399 bits per heavy atom. The number of nitrogens with one attached hydrogen (secondary N) is 12. The van der Waals surface area contributed by atoms with Gasteiger partial charge in [0.1, 0.15) is 46.3 Å². The summed E-state index contributed by atoms with van der Waals surface area (Å²) in [7, 11) is 11.2. The lowest BCUT2D eigenvalue weighted by atomic mass is 9.99. The number of carbonyl (C=O) groups is 12. The highest BCUT2D eigenvalue weighted by Gasteiger charge is 2.34. The average Bonchev–Trinajstić information content (AvgIpc) is 1.58. The number of carbonyl (C=O) groups excluding carboxylic acids is 12. The van der Waals surface area contributed by atoms with Gasteiger partial charge < -0.3 is 129 Å². The molecule has 1 aliphatic rings. The third kappa shape index (κ3) is 28.9. The van der Waals surface area contributed by atoms with Crippen molar-refractivity contribution < 1.29 is 90.7 Å². The third-order valence-corrected chi connectivity index (χ3v) is 22.6. The van der Waals surface area contributed by atoms with Crippen molar-refractivity contribution >= 4 is 140 Å². The molecular formula is C90H110ClN27O19S. The Labute approximate surface area is 800 Å². The van der Waals surface area contributed by atoms with Crippen LogP contribution in [-0.2, 0) is 102 Å². The molecule has 0 saturated heterocycles. The van der Waals surface area contributed by atoms with Crippen molar-refractivity contribution in [1.29, 1.82) is 0 Å². The van der Waals surface area contributed by atoms with Gasteiger partial charge in [-0.15, -0.1) is 21.5 Å². The molecular weight excluding hydrogens is 1830 g/mol. The Bertz CT molecular complexity index is 6210. The van der Waals surface area contributed by atoms with E-state index in [9.17, 15) is 57.5 Å². The van der Waals surface area contributed by atoms with Gasteiger partial charge in [-0.3, -0.25) is 67.1 Å². The van der Waals surface area contributed by atoms with E-state index in [4.69, 9.17) is 49.8 Å². The van der Waals surface area contributed by atoms with E-state index < -0.39 is 65.1 Å². The van der Waals surface area contributed by atoms with Crippen molar-refractivity contribution in [2.24, 2.45) is 54.3 Å². The lowest BCUT2D eigenvalue weighted by molar-refractivity contribution is -0.121. The van der Waals surface area contributed by atoms with E-state index in [0.717, 1.165) is 32.3 Å². The first-order valence-electron chi connectivity index (χ1n) is 44.1. The van der Waals surface area contributed by atoms with Crippen LogP contribution < -0.4 is 68.5 Å². The normalized spacial score (nSPS) is 12.1. The summed E-state index contributed by atoms with van der Waals surface area (Å²) in [6.45, 7) is 10.8. The van der Waals surface area contributed by atoms with Crippen molar-refractivity contribution in [3.63, 3.8) is 0 Å². The highest BCUT2D eigenvalue weighted by Crippen LogP contribution is 2.40. The number of rotatable bonds is 52. The van der Waals surface area contributed by atoms with Crippen LogP contribution in [0.5, 0.6) is 5.75 Å². The van der Waals surface area contributed by atoms with Crippen molar-refractivity contribution in [1.82, 2.24) is 93.3 Å². The zero-order chi connectivity index (χ0) is 98.5. The fraction of sp³-hybridized carbons (Fsp3) is 0.389. The lowest BCUT2D eigenvalue weighted by Gasteiger charge is -2.13. The minimum absolute atomic E-state index is 0.000674. The smallest absolute Gasteiger partial charge is 0.291 e. The standard InChI is InChI=1S/C90H110ClN27O19S/c1-54-55(2)138-90-76(54)77(57-13-15-58(91)16-14-57)102-64(78-110-109-56(3)118(78)90)47-75(123)98-59-17-19-63(20-18-59)137-43-42-136-41-40-135-39-38-134-37-36-133-35-34-132-33-32-131-31-29-92-71(119)21-25-96-87(128)81-107-70(53-116(81)9)108-85(126)67-44-60(48-114(67)7)99-73(121)22-27-97-86(127)80-105-68(51-115(80)8)103-72(120)12-11-24-94-83(124)65-46-62(50-112(65)5)101-89(130)82-106-69(52-117(82)10)104-74(122)23-26-95-84(125)66-45-61(49-113(66)6)100-88(129)79-93-28-30-111(79)4/h13-20,28,30,44-46,48-53,64H,11-12,21-27,29,31-43,47H2,1-10H3,(H,92,119)(H,94,124)(H,95,125)(H,96,128)(H,97,127)(H,98,123)(H,99,121)(H,100,129)(H,101,130)(H,103,120)(H,104,122)(H,108,126)/t64-/m0/s1. The van der Waals surface area contributed by atoms with E-state index in [1.165, 1.54) is 82.8 Å². The van der Waals surface area contributed by atoms with Crippen LogP contribution in [0.2, 0.25) is 5.02 Å². The SMILES string of the molecule is Cc1sc2c(c1C)C(c1ccc(Cl)cc1)=N[C@@H](CC(=O)Nc1ccc(OCCOCCOCCOCCOCCOCCOCCNC(=O)CCNC(=O)c3nc(NC(=O)c4cc(NC(=O)CCNC(=O)c5nc(NC(=O)CCCNC(=O)c6cc(NC(=O)c7nc(NC(=O)CCNC(=O)c8cc(NC(=O)c9nccn9C)cn8C)cn7C)cn6C)cn5C)cn4C)cn3C)cc1)c1nnc(C)n1-2. The summed E-state index contributed by atoms with van der Waals surface area (Å²) in [5, 5.41) is 42.9. The second-order valence-corrected chi connectivity index (χ2v) is 33.3. The van der Waals surface area contributed by atoms with Gasteiger partial charge >= 0.3 is 0 Å². The number of nitrogens with zero attached hydrogens (tertiary/aromatic N) is 15. The van der Waals surface area contributed by atoms with E-state index in [0.29, 0.717) is 113 Å². The Kier molecular flexibility index (Phi) is 36.7. The molecule has 0 bridgehead atoms. The van der Waals surface area contributed by atoms with Crippen LogP contribution in [0.25, 0.3) is 5.00 Å². The molecule has 0 radical (unpaired) electrons. The summed E-state index contributed by atoms with van der Waals surface area (Å²) in [6.07, 6.45) is 11.9. The molecule has 10 heterocycles. The fourth-order valence-electron chi connectivity index (χ4n) is 14.1. The minimum Gasteiger partial charge on any atom is -0.491 e. The summed E-state index contributed by atoms with van der Waals surface area (Å²) in [5.74, 6) is -3.66. The van der Waals surface area contributed by atoms with E-state index in [1.54, 1.807) is 102 Å². The van der Waals surface area contributed by atoms with Gasteiger partial charge in [-0.1, -0.05) is 23.7 Å². The van der Waals surface area contributed by atoms with E-state index in [-0.39, 0.29) is 159 Å². The molecule has 46 nitrogen and oxygen atoms in total. The molecule has 0 aliphatic carbocycles. The van der Waals surface area contributed by atoms with Crippen molar-refractivity contribution in [3.8, 4) is 10.8 Å². The molecule has 732 valence electrons. The molecule has 12 amide bonds. The number of aliphatic imine (C=N–C) groups is 1. The number of halogens is 1. The molecule has 0 unspecified atom stereocenters. The molecule has 2 aromatic carbocycles. The van der Waals surface area contributed by atoms with Crippen LogP contribution >= 0.6 is 22.9 Å². The Morgan fingerprint density at radius 2 is 0.841 bits per heavy atom. The predicted octanol–water partition coefficient (Wildman–Crippen LogP) is 5.62. The second-order valence-electron chi connectivity index (χ2n) is 31.7.